The summed E-state index contributed by atoms with van der Waals surface area (Å²) >= 11 is 6.70. The molecule has 0 spiro atoms. The SMILES string of the molecule is O=C(Nc1ccc(Cl)c(C(F)(F)F)c1)C1CCN(S(=O)(=O)c2cccs2)CC1. The van der Waals surface area contributed by atoms with Gasteiger partial charge in [0.25, 0.3) is 10.0 Å². The highest BCUT2D eigenvalue weighted by Gasteiger charge is 2.35. The fourth-order valence-corrected chi connectivity index (χ4v) is 5.80. The molecule has 0 aliphatic carbocycles. The Morgan fingerprint density at radius 3 is 2.46 bits per heavy atom. The fraction of sp³-hybridized carbons (Fsp3) is 0.353. The van der Waals surface area contributed by atoms with Crippen LogP contribution in [0.25, 0.3) is 0 Å². The van der Waals surface area contributed by atoms with E-state index in [2.05, 4.69) is 5.32 Å². The first kappa shape index (κ1) is 21.1. The van der Waals surface area contributed by atoms with E-state index in [1.165, 1.54) is 16.4 Å². The summed E-state index contributed by atoms with van der Waals surface area (Å²) in [4.78, 5) is 12.4. The zero-order chi connectivity index (χ0) is 20.5. The molecule has 0 atom stereocenters. The molecule has 1 N–H and O–H groups in total. The van der Waals surface area contributed by atoms with E-state index in [0.717, 1.165) is 23.5 Å². The molecule has 0 bridgehead atoms. The van der Waals surface area contributed by atoms with Crippen LogP contribution >= 0.6 is 22.9 Å². The first-order valence-corrected chi connectivity index (χ1v) is 11.0. The van der Waals surface area contributed by atoms with Gasteiger partial charge in [-0.25, -0.2) is 8.42 Å². The van der Waals surface area contributed by atoms with Gasteiger partial charge >= 0.3 is 6.18 Å². The number of nitrogens with zero attached hydrogens (tertiary/aromatic N) is 1. The van der Waals surface area contributed by atoms with Crippen LogP contribution in [0.3, 0.4) is 0 Å². The zero-order valence-electron chi connectivity index (χ0n) is 14.4. The summed E-state index contributed by atoms with van der Waals surface area (Å²) in [7, 11) is -3.57. The standard InChI is InChI=1S/C17H16ClF3N2O3S2/c18-14-4-3-12(10-13(14)17(19,20)21)22-16(24)11-5-7-23(8-6-11)28(25,26)15-2-1-9-27-15/h1-4,9-11H,5-8H2,(H,22,24). The highest BCUT2D eigenvalue weighted by molar-refractivity contribution is 7.91. The van der Waals surface area contributed by atoms with Crippen LogP contribution in [0.2, 0.25) is 5.02 Å². The van der Waals surface area contributed by atoms with Gasteiger partial charge in [0.15, 0.2) is 0 Å². The van der Waals surface area contributed by atoms with E-state index < -0.39 is 38.6 Å². The summed E-state index contributed by atoms with van der Waals surface area (Å²) in [5.74, 6) is -0.927. The maximum atomic E-state index is 12.9. The molecule has 0 radical (unpaired) electrons. The molecule has 152 valence electrons. The summed E-state index contributed by atoms with van der Waals surface area (Å²) in [6.07, 6.45) is -4.05. The van der Waals surface area contributed by atoms with Gasteiger partial charge in [-0.15, -0.1) is 11.3 Å². The van der Waals surface area contributed by atoms with Crippen LogP contribution < -0.4 is 5.32 Å². The second-order valence-corrected chi connectivity index (χ2v) is 9.81. The molecule has 1 aliphatic rings. The normalized spacial score (nSPS) is 16.9. The molecule has 3 rings (SSSR count). The predicted octanol–water partition coefficient (Wildman–Crippen LogP) is 4.46. The van der Waals surface area contributed by atoms with Crippen molar-refractivity contribution in [1.29, 1.82) is 0 Å². The van der Waals surface area contributed by atoms with Crippen LogP contribution in [-0.2, 0) is 21.0 Å². The van der Waals surface area contributed by atoms with Crippen molar-refractivity contribution in [2.24, 2.45) is 5.92 Å². The molecular weight excluding hydrogens is 437 g/mol. The minimum atomic E-state index is -4.63. The average molecular weight is 453 g/mol. The van der Waals surface area contributed by atoms with E-state index in [4.69, 9.17) is 11.6 Å². The minimum absolute atomic E-state index is 0.00429. The largest absolute Gasteiger partial charge is 0.417 e. The van der Waals surface area contributed by atoms with Crippen molar-refractivity contribution in [3.8, 4) is 0 Å². The molecule has 0 unspecified atom stereocenters. The van der Waals surface area contributed by atoms with Crippen molar-refractivity contribution in [1.82, 2.24) is 4.31 Å². The number of alkyl halides is 3. The number of anilines is 1. The van der Waals surface area contributed by atoms with Gasteiger partial charge in [0.05, 0.1) is 10.6 Å². The monoisotopic (exact) mass is 452 g/mol. The van der Waals surface area contributed by atoms with E-state index in [1.807, 2.05) is 0 Å². The first-order valence-electron chi connectivity index (χ1n) is 8.30. The number of hydrogen-bond donors (Lipinski definition) is 1. The van der Waals surface area contributed by atoms with E-state index >= 15 is 0 Å². The van der Waals surface area contributed by atoms with Crippen LogP contribution in [-0.4, -0.2) is 31.7 Å². The lowest BCUT2D eigenvalue weighted by molar-refractivity contribution is -0.137. The molecule has 1 aromatic heterocycles. The van der Waals surface area contributed by atoms with Gasteiger partial charge < -0.3 is 5.32 Å². The van der Waals surface area contributed by atoms with Crippen LogP contribution in [0, 0.1) is 5.92 Å². The number of carbonyl (C=O) groups is 1. The number of nitrogens with one attached hydrogen (secondary N) is 1. The summed E-state index contributed by atoms with van der Waals surface area (Å²) < 4.78 is 65.4. The summed E-state index contributed by atoms with van der Waals surface area (Å²) in [6.45, 7) is 0.347. The number of hydrogen-bond acceptors (Lipinski definition) is 4. The third-order valence-electron chi connectivity index (χ3n) is 4.45. The van der Waals surface area contributed by atoms with E-state index in [0.29, 0.717) is 0 Å². The number of rotatable bonds is 4. The van der Waals surface area contributed by atoms with Crippen molar-refractivity contribution in [3.05, 3.63) is 46.3 Å². The molecule has 0 saturated carbocycles. The molecule has 28 heavy (non-hydrogen) atoms. The van der Waals surface area contributed by atoms with Crippen LogP contribution in [0.1, 0.15) is 18.4 Å². The van der Waals surface area contributed by atoms with Crippen molar-refractivity contribution >= 4 is 44.6 Å². The smallest absolute Gasteiger partial charge is 0.326 e. The Morgan fingerprint density at radius 2 is 1.89 bits per heavy atom. The molecule has 1 saturated heterocycles. The summed E-state index contributed by atoms with van der Waals surface area (Å²) in [5.41, 5.74) is -1.03. The number of benzene rings is 1. The van der Waals surface area contributed by atoms with E-state index in [-0.39, 0.29) is 35.8 Å². The summed E-state index contributed by atoms with van der Waals surface area (Å²) in [6, 6.07) is 6.34. The van der Waals surface area contributed by atoms with Gasteiger partial charge in [0.2, 0.25) is 5.91 Å². The highest BCUT2D eigenvalue weighted by Crippen LogP contribution is 2.36. The van der Waals surface area contributed by atoms with Crippen molar-refractivity contribution in [3.63, 3.8) is 0 Å². The Morgan fingerprint density at radius 1 is 1.21 bits per heavy atom. The zero-order valence-corrected chi connectivity index (χ0v) is 16.8. The minimum Gasteiger partial charge on any atom is -0.326 e. The van der Waals surface area contributed by atoms with Gasteiger partial charge in [0, 0.05) is 24.7 Å². The number of piperidine rings is 1. The molecule has 1 fully saturated rings. The van der Waals surface area contributed by atoms with E-state index in [1.54, 1.807) is 11.4 Å². The lowest BCUT2D eigenvalue weighted by Crippen LogP contribution is -2.41. The molecule has 11 heteroatoms. The van der Waals surface area contributed by atoms with Crippen LogP contribution in [0.4, 0.5) is 18.9 Å². The Kier molecular flexibility index (Phi) is 6.04. The quantitative estimate of drug-likeness (QED) is 0.744. The fourth-order valence-electron chi connectivity index (χ4n) is 2.96. The number of thiophene rings is 1. The Labute approximate surface area is 169 Å². The first-order chi connectivity index (χ1) is 13.1. The third-order valence-corrected chi connectivity index (χ3v) is 8.05. The number of halogens is 4. The number of amides is 1. The number of sulfonamides is 1. The maximum absolute atomic E-state index is 12.9. The Hall–Kier alpha value is -1.62. The van der Waals surface area contributed by atoms with Gasteiger partial charge in [-0.2, -0.15) is 17.5 Å². The lowest BCUT2D eigenvalue weighted by Gasteiger charge is -2.30. The van der Waals surface area contributed by atoms with Gasteiger partial charge in [-0.1, -0.05) is 17.7 Å². The molecule has 2 aromatic rings. The maximum Gasteiger partial charge on any atom is 0.417 e. The van der Waals surface area contributed by atoms with Crippen LogP contribution in [0.5, 0.6) is 0 Å². The lowest BCUT2D eigenvalue weighted by atomic mass is 9.97. The highest BCUT2D eigenvalue weighted by atomic mass is 35.5. The van der Waals surface area contributed by atoms with Gasteiger partial charge in [-0.05, 0) is 42.5 Å². The molecule has 5 nitrogen and oxygen atoms in total. The second-order valence-electron chi connectivity index (χ2n) is 6.29. The second kappa shape index (κ2) is 8.02. The number of carbonyl (C=O) groups excluding carboxylic acids is 1. The van der Waals surface area contributed by atoms with E-state index in [9.17, 15) is 26.4 Å². The van der Waals surface area contributed by atoms with Gasteiger partial charge in [-0.3, -0.25) is 4.79 Å². The molecule has 1 aromatic carbocycles. The van der Waals surface area contributed by atoms with Crippen molar-refractivity contribution < 1.29 is 26.4 Å². The molecule has 1 aliphatic heterocycles. The molecular formula is C17H16ClF3N2O3S2. The van der Waals surface area contributed by atoms with Crippen molar-refractivity contribution in [2.45, 2.75) is 23.2 Å². The summed E-state index contributed by atoms with van der Waals surface area (Å²) in [5, 5.41) is 3.70. The molecule has 2 heterocycles. The van der Waals surface area contributed by atoms with Gasteiger partial charge in [0.1, 0.15) is 4.21 Å². The van der Waals surface area contributed by atoms with Crippen molar-refractivity contribution in [2.75, 3.05) is 18.4 Å². The molecule has 1 amide bonds. The third kappa shape index (κ3) is 4.51. The topological polar surface area (TPSA) is 66.5 Å². The Balaban J connectivity index is 1.63. The van der Waals surface area contributed by atoms with Crippen LogP contribution in [0.15, 0.2) is 39.9 Å². The average Bonchev–Trinajstić information content (AvgIpc) is 3.18. The Bertz CT molecular complexity index is 955. The predicted molar refractivity (Wildman–Crippen MR) is 101 cm³/mol.